The molecular formula is C13H18N2O. The molecule has 1 N–H and O–H groups in total. The molecule has 3 atom stereocenters. The largest absolute Gasteiger partial charge is 0.481 e. The van der Waals surface area contributed by atoms with Gasteiger partial charge in [0.25, 0.3) is 0 Å². The number of hydrogen-bond acceptors (Lipinski definition) is 3. The number of ether oxygens (including phenoxy) is 1. The molecule has 1 aromatic rings. The maximum atomic E-state index is 5.19. The summed E-state index contributed by atoms with van der Waals surface area (Å²) >= 11 is 0. The zero-order valence-corrected chi connectivity index (χ0v) is 9.65. The Bertz CT molecular complexity index is 372. The molecule has 3 unspecified atom stereocenters. The van der Waals surface area contributed by atoms with Gasteiger partial charge in [-0.2, -0.15) is 0 Å². The summed E-state index contributed by atoms with van der Waals surface area (Å²) in [6, 6.07) is 6.72. The van der Waals surface area contributed by atoms with E-state index in [0.717, 1.165) is 11.8 Å². The minimum absolute atomic E-state index is 0.586. The molecule has 1 aliphatic carbocycles. The summed E-state index contributed by atoms with van der Waals surface area (Å²) < 4.78 is 5.19. The van der Waals surface area contributed by atoms with Crippen molar-refractivity contribution in [2.75, 3.05) is 13.7 Å². The van der Waals surface area contributed by atoms with E-state index in [1.807, 2.05) is 12.1 Å². The van der Waals surface area contributed by atoms with Crippen molar-refractivity contribution in [1.82, 2.24) is 10.3 Å². The maximum absolute atomic E-state index is 5.19. The monoisotopic (exact) mass is 218 g/mol. The van der Waals surface area contributed by atoms with Gasteiger partial charge in [-0.15, -0.1) is 0 Å². The van der Waals surface area contributed by atoms with Crippen LogP contribution in [0.25, 0.3) is 0 Å². The smallest absolute Gasteiger partial charge is 0.213 e. The van der Waals surface area contributed by atoms with Gasteiger partial charge >= 0.3 is 0 Å². The number of hydrogen-bond donors (Lipinski definition) is 1. The van der Waals surface area contributed by atoms with Gasteiger partial charge < -0.3 is 10.1 Å². The summed E-state index contributed by atoms with van der Waals surface area (Å²) in [6.45, 7) is 1.20. The second-order valence-electron chi connectivity index (χ2n) is 4.91. The first-order chi connectivity index (χ1) is 7.86. The number of aromatic nitrogens is 1. The number of nitrogens with one attached hydrogen (secondary N) is 1. The highest BCUT2D eigenvalue weighted by Gasteiger charge is 2.36. The molecular weight excluding hydrogens is 200 g/mol. The molecule has 0 amide bonds. The highest BCUT2D eigenvalue weighted by molar-refractivity contribution is 5.21. The van der Waals surface area contributed by atoms with E-state index in [-0.39, 0.29) is 0 Å². The molecule has 3 nitrogen and oxygen atoms in total. The Labute approximate surface area is 96.2 Å². The number of methoxy groups -OCH3 is 1. The molecule has 2 saturated heterocycles. The number of nitrogens with zero attached hydrogens (tertiary/aromatic N) is 1. The second kappa shape index (κ2) is 4.06. The molecule has 1 saturated carbocycles. The average Bonchev–Trinajstić information content (AvgIpc) is 2.40. The van der Waals surface area contributed by atoms with Crippen LogP contribution in [0.3, 0.4) is 0 Å². The Balaban J connectivity index is 1.86. The molecule has 0 aromatic carbocycles. The van der Waals surface area contributed by atoms with Gasteiger partial charge in [0.15, 0.2) is 0 Å². The molecule has 0 radical (unpaired) electrons. The Hall–Kier alpha value is -1.09. The Morgan fingerprint density at radius 2 is 2.31 bits per heavy atom. The van der Waals surface area contributed by atoms with Crippen molar-refractivity contribution in [2.24, 2.45) is 5.92 Å². The van der Waals surface area contributed by atoms with Crippen LogP contribution in [0, 0.1) is 5.92 Å². The third-order valence-corrected chi connectivity index (χ3v) is 3.96. The van der Waals surface area contributed by atoms with Gasteiger partial charge in [0.05, 0.1) is 7.11 Å². The van der Waals surface area contributed by atoms with Gasteiger partial charge in [-0.05, 0) is 37.8 Å². The van der Waals surface area contributed by atoms with E-state index >= 15 is 0 Å². The van der Waals surface area contributed by atoms with Gasteiger partial charge in [0.1, 0.15) is 0 Å². The first kappa shape index (κ1) is 10.1. The van der Waals surface area contributed by atoms with Crippen molar-refractivity contribution in [3.05, 3.63) is 23.9 Å². The first-order valence-corrected chi connectivity index (χ1v) is 6.11. The number of pyridine rings is 1. The quantitative estimate of drug-likeness (QED) is 0.823. The van der Waals surface area contributed by atoms with E-state index < -0.39 is 0 Å². The molecule has 16 heavy (non-hydrogen) atoms. The molecule has 2 aliphatic heterocycles. The van der Waals surface area contributed by atoms with E-state index in [1.54, 1.807) is 7.11 Å². The van der Waals surface area contributed by atoms with Crippen molar-refractivity contribution in [1.29, 1.82) is 0 Å². The molecule has 3 heteroatoms. The third-order valence-electron chi connectivity index (χ3n) is 3.96. The SMILES string of the molecule is COc1cccc(C2CC3CCC2NC3)n1. The van der Waals surface area contributed by atoms with Gasteiger partial charge in [-0.25, -0.2) is 4.98 Å². The van der Waals surface area contributed by atoms with E-state index in [0.29, 0.717) is 12.0 Å². The highest BCUT2D eigenvalue weighted by atomic mass is 16.5. The highest BCUT2D eigenvalue weighted by Crippen LogP contribution is 2.39. The van der Waals surface area contributed by atoms with Crippen molar-refractivity contribution in [2.45, 2.75) is 31.2 Å². The first-order valence-electron chi connectivity index (χ1n) is 6.11. The molecule has 4 rings (SSSR count). The summed E-state index contributed by atoms with van der Waals surface area (Å²) in [5.41, 5.74) is 1.20. The van der Waals surface area contributed by atoms with Crippen LogP contribution < -0.4 is 10.1 Å². The molecule has 2 bridgehead atoms. The predicted molar refractivity (Wildman–Crippen MR) is 62.7 cm³/mol. The molecule has 1 aromatic heterocycles. The average molecular weight is 218 g/mol. The van der Waals surface area contributed by atoms with E-state index in [9.17, 15) is 0 Å². The summed E-state index contributed by atoms with van der Waals surface area (Å²) in [5, 5.41) is 3.62. The fraction of sp³-hybridized carbons (Fsp3) is 0.615. The Morgan fingerprint density at radius 1 is 1.38 bits per heavy atom. The van der Waals surface area contributed by atoms with Crippen molar-refractivity contribution in [3.63, 3.8) is 0 Å². The fourth-order valence-electron chi connectivity index (χ4n) is 3.08. The fourth-order valence-corrected chi connectivity index (χ4v) is 3.08. The predicted octanol–water partition coefficient (Wildman–Crippen LogP) is 1.95. The number of fused-ring (bicyclic) bond motifs is 3. The number of rotatable bonds is 2. The third kappa shape index (κ3) is 1.69. The maximum Gasteiger partial charge on any atom is 0.213 e. The van der Waals surface area contributed by atoms with E-state index in [1.165, 1.54) is 31.5 Å². The topological polar surface area (TPSA) is 34.1 Å². The zero-order chi connectivity index (χ0) is 11.0. The number of piperidine rings is 2. The summed E-state index contributed by atoms with van der Waals surface area (Å²) in [6.07, 6.45) is 3.98. The van der Waals surface area contributed by atoms with Crippen LogP contribution in [0.2, 0.25) is 0 Å². The zero-order valence-electron chi connectivity index (χ0n) is 9.65. The van der Waals surface area contributed by atoms with Crippen LogP contribution in [0.5, 0.6) is 5.88 Å². The van der Waals surface area contributed by atoms with Gasteiger partial charge in [-0.1, -0.05) is 6.07 Å². The molecule has 86 valence electrons. The Morgan fingerprint density at radius 3 is 2.94 bits per heavy atom. The van der Waals surface area contributed by atoms with Crippen LogP contribution in [0.15, 0.2) is 18.2 Å². The van der Waals surface area contributed by atoms with Gasteiger partial charge in [0.2, 0.25) is 5.88 Å². The minimum Gasteiger partial charge on any atom is -0.481 e. The van der Waals surface area contributed by atoms with Gasteiger partial charge in [-0.3, -0.25) is 0 Å². The van der Waals surface area contributed by atoms with Crippen LogP contribution >= 0.6 is 0 Å². The lowest BCUT2D eigenvalue weighted by Gasteiger charge is -2.43. The summed E-state index contributed by atoms with van der Waals surface area (Å²) in [5.74, 6) is 2.17. The van der Waals surface area contributed by atoms with Crippen LogP contribution in [0.1, 0.15) is 30.9 Å². The van der Waals surface area contributed by atoms with Crippen LogP contribution in [0.4, 0.5) is 0 Å². The minimum atomic E-state index is 0.586. The lowest BCUT2D eigenvalue weighted by molar-refractivity contribution is 0.180. The molecule has 3 aliphatic rings. The van der Waals surface area contributed by atoms with Crippen molar-refractivity contribution < 1.29 is 4.74 Å². The summed E-state index contributed by atoms with van der Waals surface area (Å²) in [7, 11) is 1.68. The molecule has 0 spiro atoms. The lowest BCUT2D eigenvalue weighted by atomic mass is 9.73. The lowest BCUT2D eigenvalue weighted by Crippen LogP contribution is -2.49. The van der Waals surface area contributed by atoms with E-state index in [4.69, 9.17) is 4.74 Å². The summed E-state index contributed by atoms with van der Waals surface area (Å²) in [4.78, 5) is 4.57. The molecule has 3 fully saturated rings. The van der Waals surface area contributed by atoms with Gasteiger partial charge in [0, 0.05) is 23.7 Å². The standard InChI is InChI=1S/C13H18N2O/c1-16-13-4-2-3-12(15-13)10-7-9-5-6-11(10)14-8-9/h2-4,9-11,14H,5-8H2,1H3. The van der Waals surface area contributed by atoms with Crippen molar-refractivity contribution >= 4 is 0 Å². The van der Waals surface area contributed by atoms with E-state index in [2.05, 4.69) is 16.4 Å². The second-order valence-corrected chi connectivity index (χ2v) is 4.91. The van der Waals surface area contributed by atoms with Crippen molar-refractivity contribution in [3.8, 4) is 5.88 Å². The normalized spacial score (nSPS) is 32.7. The van der Waals surface area contributed by atoms with Crippen LogP contribution in [-0.2, 0) is 0 Å². The Kier molecular flexibility index (Phi) is 2.56. The molecule has 3 heterocycles. The van der Waals surface area contributed by atoms with Crippen LogP contribution in [-0.4, -0.2) is 24.7 Å².